The highest BCUT2D eigenvalue weighted by Gasteiger charge is 2.42. The second kappa shape index (κ2) is 6.42. The zero-order chi connectivity index (χ0) is 12.8. The van der Waals surface area contributed by atoms with Crippen LogP contribution < -0.4 is 0 Å². The Balaban J connectivity index is 4.00. The summed E-state index contributed by atoms with van der Waals surface area (Å²) in [5.41, 5.74) is 0. The van der Waals surface area contributed by atoms with E-state index >= 15 is 0 Å². The standard InChI is InChI=1S/C9H13F5OS/c1-2-7(15)16-4-3-8(11,12)5-9(13,14)6-10/h2-6H2,1H3. The molecule has 0 heterocycles. The lowest BCUT2D eigenvalue weighted by molar-refractivity contribution is -0.120. The molecule has 16 heavy (non-hydrogen) atoms. The number of thioether (sulfide) groups is 1. The highest BCUT2D eigenvalue weighted by molar-refractivity contribution is 8.13. The second-order valence-corrected chi connectivity index (χ2v) is 4.50. The first-order valence-electron chi connectivity index (χ1n) is 4.69. The van der Waals surface area contributed by atoms with E-state index in [4.69, 9.17) is 0 Å². The third-order valence-electron chi connectivity index (χ3n) is 1.73. The Morgan fingerprint density at radius 2 is 1.75 bits per heavy atom. The Morgan fingerprint density at radius 1 is 1.19 bits per heavy atom. The van der Waals surface area contributed by atoms with Gasteiger partial charge in [-0.25, -0.2) is 22.0 Å². The minimum Gasteiger partial charge on any atom is -0.287 e. The van der Waals surface area contributed by atoms with Crippen LogP contribution >= 0.6 is 11.8 Å². The molecule has 0 bridgehead atoms. The van der Waals surface area contributed by atoms with Crippen molar-refractivity contribution in [2.24, 2.45) is 0 Å². The second-order valence-electron chi connectivity index (χ2n) is 3.35. The lowest BCUT2D eigenvalue weighted by atomic mass is 10.1. The number of rotatable bonds is 7. The molecule has 0 unspecified atom stereocenters. The molecule has 0 N–H and O–H groups in total. The van der Waals surface area contributed by atoms with Gasteiger partial charge in [0.1, 0.15) is 0 Å². The summed E-state index contributed by atoms with van der Waals surface area (Å²) in [6.07, 6.45) is -2.45. The van der Waals surface area contributed by atoms with Crippen LogP contribution in [0.3, 0.4) is 0 Å². The predicted octanol–water partition coefficient (Wildman–Crippen LogP) is 3.68. The summed E-state index contributed by atoms with van der Waals surface area (Å²) in [5.74, 6) is -7.87. The number of halogens is 5. The molecule has 96 valence electrons. The first kappa shape index (κ1) is 15.7. The zero-order valence-electron chi connectivity index (χ0n) is 8.74. The molecule has 0 saturated heterocycles. The maximum Gasteiger partial charge on any atom is 0.281 e. The van der Waals surface area contributed by atoms with Crippen LogP contribution in [0.1, 0.15) is 26.2 Å². The predicted molar refractivity (Wildman–Crippen MR) is 52.9 cm³/mol. The summed E-state index contributed by atoms with van der Waals surface area (Å²) in [5, 5.41) is -0.270. The molecule has 0 aromatic heterocycles. The lowest BCUT2D eigenvalue weighted by Gasteiger charge is -2.20. The monoisotopic (exact) mass is 264 g/mol. The SMILES string of the molecule is CCC(=O)SCCC(F)(F)CC(F)(F)CF. The van der Waals surface area contributed by atoms with E-state index in [0.29, 0.717) is 11.8 Å². The van der Waals surface area contributed by atoms with Crippen molar-refractivity contribution in [2.75, 3.05) is 12.4 Å². The number of hydrogen-bond donors (Lipinski definition) is 0. The van der Waals surface area contributed by atoms with Crippen LogP contribution in [0.2, 0.25) is 0 Å². The third-order valence-corrected chi connectivity index (χ3v) is 2.75. The first-order chi connectivity index (χ1) is 7.22. The van der Waals surface area contributed by atoms with E-state index in [2.05, 4.69) is 0 Å². The molecule has 0 aromatic rings. The van der Waals surface area contributed by atoms with E-state index in [1.54, 1.807) is 6.92 Å². The molecular weight excluding hydrogens is 251 g/mol. The molecule has 0 rings (SSSR count). The van der Waals surface area contributed by atoms with Gasteiger partial charge < -0.3 is 0 Å². The van der Waals surface area contributed by atoms with Gasteiger partial charge in [0.15, 0.2) is 11.8 Å². The van der Waals surface area contributed by atoms with E-state index in [-0.39, 0.29) is 17.3 Å². The van der Waals surface area contributed by atoms with Crippen LogP contribution in [0.4, 0.5) is 22.0 Å². The minimum atomic E-state index is -4.00. The van der Waals surface area contributed by atoms with E-state index in [1.807, 2.05) is 0 Å². The van der Waals surface area contributed by atoms with Gasteiger partial charge >= 0.3 is 0 Å². The fourth-order valence-electron chi connectivity index (χ4n) is 0.930. The van der Waals surface area contributed by atoms with Crippen molar-refractivity contribution in [3.8, 4) is 0 Å². The van der Waals surface area contributed by atoms with Crippen molar-refractivity contribution in [3.63, 3.8) is 0 Å². The van der Waals surface area contributed by atoms with E-state index in [9.17, 15) is 26.7 Å². The minimum absolute atomic E-state index is 0.205. The van der Waals surface area contributed by atoms with Crippen LogP contribution in [0, 0.1) is 0 Å². The van der Waals surface area contributed by atoms with Gasteiger partial charge in [-0.05, 0) is 0 Å². The van der Waals surface area contributed by atoms with Crippen LogP contribution in [0.25, 0.3) is 0 Å². The molecule has 0 radical (unpaired) electrons. The van der Waals surface area contributed by atoms with Crippen LogP contribution in [0.5, 0.6) is 0 Å². The van der Waals surface area contributed by atoms with Crippen LogP contribution in [-0.2, 0) is 4.79 Å². The molecule has 0 aliphatic rings. The normalized spacial score (nSPS) is 12.9. The van der Waals surface area contributed by atoms with Gasteiger partial charge in [-0.3, -0.25) is 4.79 Å². The molecule has 0 spiro atoms. The smallest absolute Gasteiger partial charge is 0.281 e. The summed E-state index contributed by atoms with van der Waals surface area (Å²) in [4.78, 5) is 10.7. The molecule has 0 aromatic carbocycles. The highest BCUT2D eigenvalue weighted by Crippen LogP contribution is 2.34. The maximum atomic E-state index is 12.9. The average Bonchev–Trinajstić information content (AvgIpc) is 2.15. The zero-order valence-corrected chi connectivity index (χ0v) is 9.56. The van der Waals surface area contributed by atoms with Gasteiger partial charge in [0.25, 0.3) is 11.8 Å². The fourth-order valence-corrected chi connectivity index (χ4v) is 1.76. The molecule has 0 fully saturated rings. The van der Waals surface area contributed by atoms with Crippen molar-refractivity contribution >= 4 is 16.9 Å². The summed E-state index contributed by atoms with van der Waals surface area (Å²) < 4.78 is 62.2. The third kappa shape index (κ3) is 7.03. The summed E-state index contributed by atoms with van der Waals surface area (Å²) in [6, 6.07) is 0. The Hall–Kier alpha value is -0.330. The van der Waals surface area contributed by atoms with Crippen LogP contribution in [0.15, 0.2) is 0 Å². The van der Waals surface area contributed by atoms with Gasteiger partial charge in [-0.2, -0.15) is 0 Å². The largest absolute Gasteiger partial charge is 0.287 e. The molecule has 7 heteroatoms. The maximum absolute atomic E-state index is 12.9. The first-order valence-corrected chi connectivity index (χ1v) is 5.68. The van der Waals surface area contributed by atoms with E-state index in [1.165, 1.54) is 0 Å². The van der Waals surface area contributed by atoms with Gasteiger partial charge in [-0.1, -0.05) is 18.7 Å². The highest BCUT2D eigenvalue weighted by atomic mass is 32.2. The Labute approximate surface area is 94.8 Å². The van der Waals surface area contributed by atoms with Gasteiger partial charge in [0, 0.05) is 18.6 Å². The number of carbonyl (C=O) groups excluding carboxylic acids is 1. The molecule has 0 saturated carbocycles. The van der Waals surface area contributed by atoms with E-state index < -0.39 is 31.4 Å². The summed E-state index contributed by atoms with van der Waals surface area (Å²) in [7, 11) is 0. The molecule has 0 atom stereocenters. The quantitative estimate of drug-likeness (QED) is 0.652. The summed E-state index contributed by atoms with van der Waals surface area (Å²) >= 11 is 0.679. The Bertz CT molecular complexity index is 232. The van der Waals surface area contributed by atoms with Crippen molar-refractivity contribution in [2.45, 2.75) is 38.0 Å². The van der Waals surface area contributed by atoms with Gasteiger partial charge in [0.05, 0.1) is 6.42 Å². The van der Waals surface area contributed by atoms with Gasteiger partial charge in [-0.15, -0.1) is 0 Å². The number of alkyl halides is 5. The number of carbonyl (C=O) groups is 1. The molecule has 0 aliphatic carbocycles. The Kier molecular flexibility index (Phi) is 6.28. The molecule has 0 amide bonds. The molecule has 1 nitrogen and oxygen atoms in total. The van der Waals surface area contributed by atoms with Crippen molar-refractivity contribution in [1.29, 1.82) is 0 Å². The van der Waals surface area contributed by atoms with E-state index in [0.717, 1.165) is 0 Å². The number of hydrogen-bond acceptors (Lipinski definition) is 2. The Morgan fingerprint density at radius 3 is 2.19 bits per heavy atom. The lowest BCUT2D eigenvalue weighted by Crippen LogP contribution is -2.31. The molecular formula is C9H13F5OS. The van der Waals surface area contributed by atoms with Gasteiger partial charge in [0.2, 0.25) is 0 Å². The van der Waals surface area contributed by atoms with Crippen LogP contribution in [-0.4, -0.2) is 29.4 Å². The molecule has 0 aliphatic heterocycles. The van der Waals surface area contributed by atoms with Crippen molar-refractivity contribution in [3.05, 3.63) is 0 Å². The van der Waals surface area contributed by atoms with Crippen molar-refractivity contribution in [1.82, 2.24) is 0 Å². The average molecular weight is 264 g/mol. The topological polar surface area (TPSA) is 17.1 Å². The fraction of sp³-hybridized carbons (Fsp3) is 0.889. The summed E-state index contributed by atoms with van der Waals surface area (Å²) in [6.45, 7) is -0.519. The van der Waals surface area contributed by atoms with Crippen molar-refractivity contribution < 1.29 is 26.7 Å².